The van der Waals surface area contributed by atoms with Gasteiger partial charge in [0.05, 0.1) is 10.0 Å². The standard InChI is InChI=1S/C22H20Cl2N2O3S/c23-20-8-4-7-17(21(20)24)13-14-26(30(28)29)19-11-9-18(10-12-19)22(27)25-15-16-5-2-1-3-6-16/h1-12H,13-15H2,(H,25,27)(H,28,29)/p-1. The zero-order valence-electron chi connectivity index (χ0n) is 15.9. The van der Waals surface area contributed by atoms with Gasteiger partial charge in [-0.1, -0.05) is 65.7 Å². The van der Waals surface area contributed by atoms with E-state index < -0.39 is 11.3 Å². The van der Waals surface area contributed by atoms with Gasteiger partial charge >= 0.3 is 0 Å². The summed E-state index contributed by atoms with van der Waals surface area (Å²) in [5.41, 5.74) is 2.66. The van der Waals surface area contributed by atoms with E-state index in [1.165, 1.54) is 4.31 Å². The molecule has 0 saturated carbocycles. The fourth-order valence-electron chi connectivity index (χ4n) is 2.91. The molecule has 3 rings (SSSR count). The van der Waals surface area contributed by atoms with Crippen molar-refractivity contribution in [3.8, 4) is 0 Å². The maximum Gasteiger partial charge on any atom is 0.251 e. The molecule has 0 radical (unpaired) electrons. The Labute approximate surface area is 188 Å². The molecule has 1 N–H and O–H groups in total. The Hall–Kier alpha value is -2.38. The van der Waals surface area contributed by atoms with Crippen LogP contribution in [0, 0.1) is 0 Å². The molecule has 0 bridgehead atoms. The Kier molecular flexibility index (Phi) is 7.87. The highest BCUT2D eigenvalue weighted by Crippen LogP contribution is 2.26. The third kappa shape index (κ3) is 5.83. The Bertz CT molecular complexity index is 1030. The second kappa shape index (κ2) is 10.6. The number of amides is 1. The molecule has 1 amide bonds. The maximum atomic E-state index is 12.3. The van der Waals surface area contributed by atoms with E-state index in [0.717, 1.165) is 11.1 Å². The highest BCUT2D eigenvalue weighted by Gasteiger charge is 2.12. The number of halogens is 2. The molecular weight excluding hydrogens is 443 g/mol. The molecule has 30 heavy (non-hydrogen) atoms. The van der Waals surface area contributed by atoms with Gasteiger partial charge in [0.1, 0.15) is 0 Å². The van der Waals surface area contributed by atoms with Crippen LogP contribution in [-0.4, -0.2) is 21.2 Å². The zero-order chi connectivity index (χ0) is 21.5. The lowest BCUT2D eigenvalue weighted by Gasteiger charge is -2.26. The van der Waals surface area contributed by atoms with Crippen molar-refractivity contribution in [1.29, 1.82) is 0 Å². The number of benzene rings is 3. The predicted molar refractivity (Wildman–Crippen MR) is 120 cm³/mol. The van der Waals surface area contributed by atoms with Crippen LogP contribution in [0.5, 0.6) is 0 Å². The third-order valence-corrected chi connectivity index (χ3v) is 6.12. The first-order valence-corrected chi connectivity index (χ1v) is 11.0. The molecule has 0 aliphatic carbocycles. The second-order valence-corrected chi connectivity index (χ2v) is 8.16. The molecular formula is C22H19Cl2N2O3S-. The molecule has 1 unspecified atom stereocenters. The van der Waals surface area contributed by atoms with E-state index >= 15 is 0 Å². The Balaban J connectivity index is 1.65. The molecule has 0 spiro atoms. The van der Waals surface area contributed by atoms with Crippen LogP contribution >= 0.6 is 23.2 Å². The van der Waals surface area contributed by atoms with Crippen LogP contribution in [0.25, 0.3) is 0 Å². The van der Waals surface area contributed by atoms with Gasteiger partial charge in [-0.15, -0.1) is 0 Å². The van der Waals surface area contributed by atoms with Gasteiger partial charge in [0.25, 0.3) is 5.91 Å². The predicted octanol–water partition coefficient (Wildman–Crippen LogP) is 4.77. The van der Waals surface area contributed by atoms with E-state index in [1.54, 1.807) is 42.5 Å². The van der Waals surface area contributed by atoms with Crippen LogP contribution in [0.4, 0.5) is 5.69 Å². The molecule has 0 aromatic heterocycles. The minimum absolute atomic E-state index is 0.190. The van der Waals surface area contributed by atoms with Crippen LogP contribution in [0.2, 0.25) is 10.0 Å². The van der Waals surface area contributed by atoms with Crippen molar-refractivity contribution in [2.24, 2.45) is 0 Å². The number of anilines is 1. The summed E-state index contributed by atoms with van der Waals surface area (Å²) in [5, 5.41) is 3.69. The molecule has 1 atom stereocenters. The van der Waals surface area contributed by atoms with E-state index in [4.69, 9.17) is 23.2 Å². The number of carbonyl (C=O) groups is 1. The number of rotatable bonds is 8. The van der Waals surface area contributed by atoms with Crippen LogP contribution in [0.15, 0.2) is 72.8 Å². The average Bonchev–Trinajstić information content (AvgIpc) is 2.76. The normalized spacial score (nSPS) is 11.7. The molecule has 0 aliphatic rings. The first-order chi connectivity index (χ1) is 14.5. The lowest BCUT2D eigenvalue weighted by Crippen LogP contribution is -2.28. The number of nitrogens with zero attached hydrogens (tertiary/aromatic N) is 1. The number of hydrogen-bond acceptors (Lipinski definition) is 3. The summed E-state index contributed by atoms with van der Waals surface area (Å²) >= 11 is 9.72. The van der Waals surface area contributed by atoms with Gasteiger partial charge in [-0.3, -0.25) is 9.00 Å². The molecule has 0 fully saturated rings. The SMILES string of the molecule is O=C(NCc1ccccc1)c1ccc(N(CCc2cccc(Cl)c2Cl)S(=O)[O-])cc1. The topological polar surface area (TPSA) is 72.5 Å². The minimum atomic E-state index is -2.48. The van der Waals surface area contributed by atoms with E-state index in [0.29, 0.717) is 34.3 Å². The largest absolute Gasteiger partial charge is 0.755 e. The quantitative estimate of drug-likeness (QED) is 0.491. The lowest BCUT2D eigenvalue weighted by molar-refractivity contribution is 0.0951. The molecule has 3 aromatic carbocycles. The van der Waals surface area contributed by atoms with Crippen LogP contribution in [0.3, 0.4) is 0 Å². The van der Waals surface area contributed by atoms with Gasteiger partial charge in [0.2, 0.25) is 0 Å². The van der Waals surface area contributed by atoms with E-state index in [9.17, 15) is 13.6 Å². The van der Waals surface area contributed by atoms with Crippen LogP contribution in [0.1, 0.15) is 21.5 Å². The Morgan fingerprint density at radius 3 is 2.33 bits per heavy atom. The highest BCUT2D eigenvalue weighted by atomic mass is 35.5. The molecule has 156 valence electrons. The van der Waals surface area contributed by atoms with Crippen molar-refractivity contribution in [1.82, 2.24) is 5.32 Å². The maximum absolute atomic E-state index is 12.3. The van der Waals surface area contributed by atoms with Gasteiger partial charge in [0.15, 0.2) is 0 Å². The molecule has 8 heteroatoms. The smallest absolute Gasteiger partial charge is 0.251 e. The summed E-state index contributed by atoms with van der Waals surface area (Å²) in [7, 11) is 0. The van der Waals surface area contributed by atoms with Crippen LogP contribution < -0.4 is 9.62 Å². The van der Waals surface area contributed by atoms with Gasteiger partial charge in [0, 0.05) is 35.6 Å². The fraction of sp³-hybridized carbons (Fsp3) is 0.136. The molecule has 0 heterocycles. The number of nitrogens with one attached hydrogen (secondary N) is 1. The monoisotopic (exact) mass is 461 g/mol. The van der Waals surface area contributed by atoms with Crippen molar-refractivity contribution < 1.29 is 13.6 Å². The Morgan fingerprint density at radius 1 is 0.967 bits per heavy atom. The first kappa shape index (κ1) is 22.3. The molecule has 0 aliphatic heterocycles. The van der Waals surface area contributed by atoms with Gasteiger partial charge in [-0.05, 0) is 47.9 Å². The average molecular weight is 462 g/mol. The first-order valence-electron chi connectivity index (χ1n) is 9.17. The summed E-state index contributed by atoms with van der Waals surface area (Å²) in [6, 6.07) is 21.2. The van der Waals surface area contributed by atoms with Gasteiger partial charge < -0.3 is 14.2 Å². The summed E-state index contributed by atoms with van der Waals surface area (Å²) in [6.45, 7) is 0.605. The van der Waals surface area contributed by atoms with E-state index in [1.807, 2.05) is 30.3 Å². The lowest BCUT2D eigenvalue weighted by atomic mass is 10.1. The summed E-state index contributed by atoms with van der Waals surface area (Å²) in [4.78, 5) is 12.3. The number of hydrogen-bond donors (Lipinski definition) is 1. The Morgan fingerprint density at radius 2 is 1.67 bits per heavy atom. The number of carbonyl (C=O) groups excluding carboxylic acids is 1. The van der Waals surface area contributed by atoms with Crippen molar-refractivity contribution in [2.75, 3.05) is 10.8 Å². The molecule has 5 nitrogen and oxygen atoms in total. The molecule has 3 aromatic rings. The summed E-state index contributed by atoms with van der Waals surface area (Å²) in [6.07, 6.45) is 0.396. The van der Waals surface area contributed by atoms with Crippen molar-refractivity contribution in [3.63, 3.8) is 0 Å². The fourth-order valence-corrected chi connectivity index (χ4v) is 3.86. The zero-order valence-corrected chi connectivity index (χ0v) is 18.2. The summed E-state index contributed by atoms with van der Waals surface area (Å²) in [5.74, 6) is -0.231. The summed E-state index contributed by atoms with van der Waals surface area (Å²) < 4.78 is 24.7. The van der Waals surface area contributed by atoms with E-state index in [2.05, 4.69) is 5.32 Å². The minimum Gasteiger partial charge on any atom is -0.755 e. The van der Waals surface area contributed by atoms with Crippen LogP contribution in [-0.2, 0) is 24.2 Å². The van der Waals surface area contributed by atoms with Crippen molar-refractivity contribution in [3.05, 3.63) is 99.5 Å². The molecule has 0 saturated heterocycles. The van der Waals surface area contributed by atoms with Gasteiger partial charge in [-0.2, -0.15) is 0 Å². The van der Waals surface area contributed by atoms with Crippen molar-refractivity contribution in [2.45, 2.75) is 13.0 Å². The van der Waals surface area contributed by atoms with Gasteiger partial charge in [-0.25, -0.2) is 0 Å². The van der Waals surface area contributed by atoms with E-state index in [-0.39, 0.29) is 12.5 Å². The second-order valence-electron chi connectivity index (χ2n) is 6.50. The van der Waals surface area contributed by atoms with Crippen molar-refractivity contribution >= 4 is 46.1 Å². The third-order valence-electron chi connectivity index (χ3n) is 4.51. The highest BCUT2D eigenvalue weighted by molar-refractivity contribution is 7.80.